The molecule has 4 heteroatoms. The van der Waals surface area contributed by atoms with Gasteiger partial charge in [0.1, 0.15) is 0 Å². The third-order valence-electron chi connectivity index (χ3n) is 4.40. The Labute approximate surface area is 160 Å². The Morgan fingerprint density at radius 3 is 2.04 bits per heavy atom. The number of hydrogen-bond acceptors (Lipinski definition) is 3. The van der Waals surface area contributed by atoms with Crippen molar-refractivity contribution in [2.45, 2.75) is 78.7 Å². The van der Waals surface area contributed by atoms with Crippen molar-refractivity contribution in [3.8, 4) is 0 Å². The van der Waals surface area contributed by atoms with Crippen LogP contribution in [0.2, 0.25) is 0 Å². The SMILES string of the molecule is CCC(C)(C)O[Si](Cc1cccc2ccccc12)(OC(C)C)OC(C)C. The van der Waals surface area contributed by atoms with E-state index in [0.29, 0.717) is 6.04 Å². The highest BCUT2D eigenvalue weighted by Crippen LogP contribution is 2.30. The zero-order chi connectivity index (χ0) is 19.4. The molecule has 0 aliphatic heterocycles. The normalized spacial score (nSPS) is 13.1. The van der Waals surface area contributed by atoms with Crippen LogP contribution in [0.5, 0.6) is 0 Å². The second kappa shape index (κ2) is 8.66. The van der Waals surface area contributed by atoms with Gasteiger partial charge in [0.05, 0.1) is 5.60 Å². The Morgan fingerprint density at radius 2 is 1.46 bits per heavy atom. The fourth-order valence-electron chi connectivity index (χ4n) is 3.09. The first-order valence-electron chi connectivity index (χ1n) is 9.69. The van der Waals surface area contributed by atoms with Crippen LogP contribution in [-0.4, -0.2) is 26.6 Å². The van der Waals surface area contributed by atoms with Crippen LogP contribution in [0.1, 0.15) is 60.5 Å². The first-order chi connectivity index (χ1) is 12.2. The molecule has 0 aromatic heterocycles. The molecule has 0 aliphatic rings. The molecule has 0 unspecified atom stereocenters. The van der Waals surface area contributed by atoms with E-state index in [0.717, 1.165) is 6.42 Å². The Balaban J connectivity index is 2.49. The summed E-state index contributed by atoms with van der Waals surface area (Å²) in [6.45, 7) is 14.6. The highest BCUT2D eigenvalue weighted by molar-refractivity contribution is 6.60. The molecular formula is C22H34O3Si. The van der Waals surface area contributed by atoms with Crippen molar-refractivity contribution in [1.29, 1.82) is 0 Å². The molecule has 0 fully saturated rings. The summed E-state index contributed by atoms with van der Waals surface area (Å²) in [7, 11) is -2.94. The topological polar surface area (TPSA) is 27.7 Å². The first-order valence-corrected chi connectivity index (χ1v) is 11.6. The molecular weight excluding hydrogens is 340 g/mol. The van der Waals surface area contributed by atoms with E-state index in [4.69, 9.17) is 13.3 Å². The van der Waals surface area contributed by atoms with Crippen molar-refractivity contribution in [3.05, 3.63) is 48.0 Å². The van der Waals surface area contributed by atoms with E-state index in [1.54, 1.807) is 0 Å². The van der Waals surface area contributed by atoms with E-state index in [9.17, 15) is 0 Å². The Morgan fingerprint density at radius 1 is 0.885 bits per heavy atom. The lowest BCUT2D eigenvalue weighted by Gasteiger charge is -2.39. The summed E-state index contributed by atoms with van der Waals surface area (Å²) >= 11 is 0. The van der Waals surface area contributed by atoms with Gasteiger partial charge < -0.3 is 13.3 Å². The molecule has 0 aliphatic carbocycles. The Hall–Kier alpha value is -1.20. The second-order valence-electron chi connectivity index (χ2n) is 8.05. The average molecular weight is 375 g/mol. The van der Waals surface area contributed by atoms with Gasteiger partial charge in [0, 0.05) is 18.3 Å². The van der Waals surface area contributed by atoms with Crippen molar-refractivity contribution < 1.29 is 13.3 Å². The van der Waals surface area contributed by atoms with E-state index >= 15 is 0 Å². The van der Waals surface area contributed by atoms with Crippen LogP contribution >= 0.6 is 0 Å². The summed E-state index contributed by atoms with van der Waals surface area (Å²) in [5.74, 6) is 0. The van der Waals surface area contributed by atoms with E-state index < -0.39 is 8.80 Å². The van der Waals surface area contributed by atoms with Gasteiger partial charge in [-0.15, -0.1) is 0 Å². The molecule has 2 aromatic rings. The van der Waals surface area contributed by atoms with Gasteiger partial charge in [-0.25, -0.2) is 0 Å². The highest BCUT2D eigenvalue weighted by atomic mass is 28.4. The second-order valence-corrected chi connectivity index (χ2v) is 10.4. The average Bonchev–Trinajstić information content (AvgIpc) is 2.53. The molecule has 26 heavy (non-hydrogen) atoms. The Kier molecular flexibility index (Phi) is 7.03. The third-order valence-corrected chi connectivity index (χ3v) is 7.74. The Bertz CT molecular complexity index is 694. The molecule has 3 nitrogen and oxygen atoms in total. The third kappa shape index (κ3) is 5.65. The quantitative estimate of drug-likeness (QED) is 0.510. The number of fused-ring (bicyclic) bond motifs is 1. The predicted molar refractivity (Wildman–Crippen MR) is 111 cm³/mol. The maximum absolute atomic E-state index is 6.64. The molecule has 0 spiro atoms. The van der Waals surface area contributed by atoms with Crippen LogP contribution in [0, 0.1) is 0 Å². The van der Waals surface area contributed by atoms with Crippen molar-refractivity contribution in [3.63, 3.8) is 0 Å². The minimum Gasteiger partial charge on any atom is -0.371 e. The molecule has 0 atom stereocenters. The summed E-state index contributed by atoms with van der Waals surface area (Å²) in [4.78, 5) is 0. The molecule has 0 saturated heterocycles. The maximum Gasteiger partial charge on any atom is 0.506 e. The lowest BCUT2D eigenvalue weighted by molar-refractivity contribution is -0.0391. The monoisotopic (exact) mass is 374 g/mol. The smallest absolute Gasteiger partial charge is 0.371 e. The van der Waals surface area contributed by atoms with E-state index in [1.807, 2.05) is 0 Å². The zero-order valence-corrected chi connectivity index (χ0v) is 18.3. The van der Waals surface area contributed by atoms with Gasteiger partial charge in [0.25, 0.3) is 0 Å². The standard InChI is InChI=1S/C22H34O3Si/c1-8-22(6,7)25-26(23-17(2)3,24-18(4)5)16-20-14-11-13-19-12-9-10-15-21(19)20/h9-15,17-18H,8,16H2,1-7H3. The predicted octanol–water partition coefficient (Wildman–Crippen LogP) is 5.92. The van der Waals surface area contributed by atoms with Crippen LogP contribution < -0.4 is 0 Å². The van der Waals surface area contributed by atoms with Gasteiger partial charge in [-0.3, -0.25) is 0 Å². The number of rotatable bonds is 9. The molecule has 2 rings (SSSR count). The van der Waals surface area contributed by atoms with Crippen LogP contribution in [0.15, 0.2) is 42.5 Å². The van der Waals surface area contributed by atoms with Crippen LogP contribution in [-0.2, 0) is 19.3 Å². The summed E-state index contributed by atoms with van der Waals surface area (Å²) in [6.07, 6.45) is 0.992. The summed E-state index contributed by atoms with van der Waals surface area (Å²) in [5.41, 5.74) is 0.934. The molecule has 0 N–H and O–H groups in total. The lowest BCUT2D eigenvalue weighted by atomic mass is 10.1. The molecule has 0 bridgehead atoms. The number of benzene rings is 2. The zero-order valence-electron chi connectivity index (χ0n) is 17.3. The van der Waals surface area contributed by atoms with Crippen molar-refractivity contribution in [1.82, 2.24) is 0 Å². The van der Waals surface area contributed by atoms with Crippen molar-refractivity contribution >= 4 is 19.6 Å². The maximum atomic E-state index is 6.64. The molecule has 0 radical (unpaired) electrons. The van der Waals surface area contributed by atoms with Crippen molar-refractivity contribution in [2.75, 3.05) is 0 Å². The molecule has 0 heterocycles. The van der Waals surface area contributed by atoms with Gasteiger partial charge in [-0.2, -0.15) is 0 Å². The summed E-state index contributed by atoms with van der Waals surface area (Å²) in [5, 5.41) is 2.47. The molecule has 0 saturated carbocycles. The van der Waals surface area contributed by atoms with E-state index in [1.165, 1.54) is 16.3 Å². The molecule has 2 aromatic carbocycles. The lowest BCUT2D eigenvalue weighted by Crippen LogP contribution is -2.55. The summed E-state index contributed by atoms with van der Waals surface area (Å²) in [6, 6.07) is 15.6. The largest absolute Gasteiger partial charge is 0.506 e. The van der Waals surface area contributed by atoms with Gasteiger partial charge in [0.15, 0.2) is 0 Å². The van der Waals surface area contributed by atoms with Crippen LogP contribution in [0.4, 0.5) is 0 Å². The van der Waals surface area contributed by atoms with Crippen LogP contribution in [0.3, 0.4) is 0 Å². The molecule has 144 valence electrons. The van der Waals surface area contributed by atoms with Crippen molar-refractivity contribution in [2.24, 2.45) is 0 Å². The number of hydrogen-bond donors (Lipinski definition) is 0. The highest BCUT2D eigenvalue weighted by Gasteiger charge is 2.47. The van der Waals surface area contributed by atoms with Gasteiger partial charge >= 0.3 is 8.80 Å². The fraction of sp³-hybridized carbons (Fsp3) is 0.545. The minimum absolute atomic E-state index is 0.0445. The summed E-state index contributed by atoms with van der Waals surface area (Å²) < 4.78 is 19.5. The van der Waals surface area contributed by atoms with E-state index in [2.05, 4.69) is 90.9 Å². The van der Waals surface area contributed by atoms with Gasteiger partial charge in [-0.1, -0.05) is 49.4 Å². The van der Waals surface area contributed by atoms with Crippen LogP contribution in [0.25, 0.3) is 10.8 Å². The fourth-order valence-corrected chi connectivity index (χ4v) is 6.67. The van der Waals surface area contributed by atoms with Gasteiger partial charge in [0.2, 0.25) is 0 Å². The van der Waals surface area contributed by atoms with E-state index in [-0.39, 0.29) is 17.8 Å². The first kappa shape index (κ1) is 21.1. The van der Waals surface area contributed by atoms with Gasteiger partial charge in [-0.05, 0) is 64.3 Å². The minimum atomic E-state index is -2.94. The molecule has 0 amide bonds.